The van der Waals surface area contributed by atoms with Gasteiger partial charge in [-0.05, 0) is 24.6 Å². The lowest BCUT2D eigenvalue weighted by atomic mass is 10.1. The zero-order valence-electron chi connectivity index (χ0n) is 10.3. The second-order valence-electron chi connectivity index (χ2n) is 3.68. The van der Waals surface area contributed by atoms with Crippen LogP contribution in [-0.4, -0.2) is 33.0 Å². The zero-order valence-corrected chi connectivity index (χ0v) is 10.3. The summed E-state index contributed by atoms with van der Waals surface area (Å²) in [7, 11) is 3.04. The van der Waals surface area contributed by atoms with Crippen LogP contribution in [0.3, 0.4) is 0 Å². The number of nitrogen functional groups attached to an aromatic ring is 1. The number of benzene rings is 1. The second kappa shape index (κ2) is 6.22. The smallest absolute Gasteiger partial charge is 0.251 e. The minimum Gasteiger partial charge on any atom is -0.398 e. The first-order valence-electron chi connectivity index (χ1n) is 5.28. The van der Waals surface area contributed by atoms with Gasteiger partial charge in [-0.25, -0.2) is 0 Å². The maximum absolute atomic E-state index is 11.8. The third-order valence-corrected chi connectivity index (χ3v) is 2.50. The molecule has 1 amide bonds. The first-order valence-corrected chi connectivity index (χ1v) is 5.28. The van der Waals surface area contributed by atoms with Crippen molar-refractivity contribution < 1.29 is 14.3 Å². The summed E-state index contributed by atoms with van der Waals surface area (Å²) in [5.74, 6) is -0.198. The second-order valence-corrected chi connectivity index (χ2v) is 3.68. The van der Waals surface area contributed by atoms with Crippen molar-refractivity contribution in [2.24, 2.45) is 0 Å². The van der Waals surface area contributed by atoms with Crippen LogP contribution in [0.15, 0.2) is 18.2 Å². The van der Waals surface area contributed by atoms with Gasteiger partial charge in [0.1, 0.15) is 0 Å². The van der Waals surface area contributed by atoms with Crippen molar-refractivity contribution in [2.45, 2.75) is 13.2 Å². The van der Waals surface area contributed by atoms with Crippen molar-refractivity contribution in [1.29, 1.82) is 0 Å². The van der Waals surface area contributed by atoms with E-state index >= 15 is 0 Å². The summed E-state index contributed by atoms with van der Waals surface area (Å²) < 4.78 is 9.93. The van der Waals surface area contributed by atoms with E-state index in [1.165, 1.54) is 14.2 Å². The molecular formula is C12H18N2O3. The number of nitrogens with one attached hydrogen (secondary N) is 1. The Labute approximate surface area is 101 Å². The van der Waals surface area contributed by atoms with E-state index in [2.05, 4.69) is 5.32 Å². The molecule has 1 aromatic carbocycles. The predicted octanol–water partition coefficient (Wildman–Crippen LogP) is 0.926. The summed E-state index contributed by atoms with van der Waals surface area (Å²) in [6.45, 7) is 2.18. The van der Waals surface area contributed by atoms with E-state index in [0.717, 1.165) is 5.56 Å². The van der Waals surface area contributed by atoms with Gasteiger partial charge in [-0.3, -0.25) is 4.79 Å². The average Bonchev–Trinajstić information content (AvgIpc) is 2.33. The van der Waals surface area contributed by atoms with Crippen molar-refractivity contribution >= 4 is 11.6 Å². The minimum atomic E-state index is -0.443. The van der Waals surface area contributed by atoms with Gasteiger partial charge < -0.3 is 20.5 Å². The lowest BCUT2D eigenvalue weighted by molar-refractivity contribution is -0.0974. The summed E-state index contributed by atoms with van der Waals surface area (Å²) in [5.41, 5.74) is 7.82. The lowest BCUT2D eigenvalue weighted by Crippen LogP contribution is -2.34. The number of methoxy groups -OCH3 is 2. The van der Waals surface area contributed by atoms with E-state index in [1.54, 1.807) is 12.1 Å². The number of hydrogen-bond acceptors (Lipinski definition) is 4. The summed E-state index contributed by atoms with van der Waals surface area (Å²) >= 11 is 0. The Hall–Kier alpha value is -1.59. The van der Waals surface area contributed by atoms with Crippen LogP contribution in [-0.2, 0) is 9.47 Å². The summed E-state index contributed by atoms with van der Waals surface area (Å²) in [4.78, 5) is 11.8. The van der Waals surface area contributed by atoms with Gasteiger partial charge in [0.2, 0.25) is 0 Å². The van der Waals surface area contributed by atoms with Gasteiger partial charge >= 0.3 is 0 Å². The third-order valence-electron chi connectivity index (χ3n) is 2.50. The molecule has 5 heteroatoms. The van der Waals surface area contributed by atoms with Crippen LogP contribution in [0.2, 0.25) is 0 Å². The molecule has 0 saturated heterocycles. The van der Waals surface area contributed by atoms with E-state index in [4.69, 9.17) is 15.2 Å². The highest BCUT2D eigenvalue weighted by atomic mass is 16.7. The fourth-order valence-corrected chi connectivity index (χ4v) is 1.32. The van der Waals surface area contributed by atoms with Gasteiger partial charge in [-0.2, -0.15) is 0 Å². The zero-order chi connectivity index (χ0) is 12.8. The van der Waals surface area contributed by atoms with Crippen LogP contribution in [0.4, 0.5) is 5.69 Å². The number of rotatable bonds is 5. The molecule has 0 fully saturated rings. The third kappa shape index (κ3) is 3.72. The molecule has 0 spiro atoms. The Morgan fingerprint density at radius 3 is 2.59 bits per heavy atom. The van der Waals surface area contributed by atoms with Crippen LogP contribution in [0.25, 0.3) is 0 Å². The fraction of sp³-hybridized carbons (Fsp3) is 0.417. The molecule has 5 nitrogen and oxygen atoms in total. The topological polar surface area (TPSA) is 73.6 Å². The summed E-state index contributed by atoms with van der Waals surface area (Å²) in [6.07, 6.45) is -0.443. The number of hydrogen-bond donors (Lipinski definition) is 2. The number of ether oxygens (including phenoxy) is 2. The summed E-state index contributed by atoms with van der Waals surface area (Å²) in [6, 6.07) is 5.20. The Kier molecular flexibility index (Phi) is 4.93. The van der Waals surface area contributed by atoms with E-state index in [0.29, 0.717) is 17.8 Å². The molecule has 3 N–H and O–H groups in total. The van der Waals surface area contributed by atoms with Crippen molar-refractivity contribution in [3.05, 3.63) is 29.3 Å². The number of nitrogens with two attached hydrogens (primary N) is 1. The molecule has 0 saturated carbocycles. The highest BCUT2D eigenvalue weighted by molar-refractivity contribution is 5.95. The van der Waals surface area contributed by atoms with E-state index in [1.807, 2.05) is 13.0 Å². The van der Waals surface area contributed by atoms with Crippen LogP contribution < -0.4 is 11.1 Å². The quantitative estimate of drug-likeness (QED) is 0.591. The number of carbonyl (C=O) groups is 1. The monoisotopic (exact) mass is 238 g/mol. The maximum Gasteiger partial charge on any atom is 0.251 e. The molecule has 0 radical (unpaired) electrons. The van der Waals surface area contributed by atoms with E-state index < -0.39 is 6.29 Å². The van der Waals surface area contributed by atoms with Crippen molar-refractivity contribution in [1.82, 2.24) is 5.32 Å². The molecule has 0 aromatic heterocycles. The Morgan fingerprint density at radius 2 is 2.06 bits per heavy atom. The predicted molar refractivity (Wildman–Crippen MR) is 65.7 cm³/mol. The first kappa shape index (κ1) is 13.5. The van der Waals surface area contributed by atoms with Gasteiger partial charge in [0.05, 0.1) is 6.54 Å². The molecule has 1 aromatic rings. The number of anilines is 1. The molecule has 0 heterocycles. The SMILES string of the molecule is COC(CNC(=O)c1ccc(C)c(N)c1)OC. The van der Waals surface area contributed by atoms with Gasteiger partial charge in [-0.1, -0.05) is 6.07 Å². The molecule has 0 aliphatic carbocycles. The van der Waals surface area contributed by atoms with Crippen LogP contribution in [0.5, 0.6) is 0 Å². The van der Waals surface area contributed by atoms with Crippen molar-refractivity contribution in [2.75, 3.05) is 26.5 Å². The van der Waals surface area contributed by atoms with Gasteiger partial charge in [0.15, 0.2) is 6.29 Å². The van der Waals surface area contributed by atoms with E-state index in [9.17, 15) is 4.79 Å². The molecule has 0 atom stereocenters. The maximum atomic E-state index is 11.8. The Morgan fingerprint density at radius 1 is 1.41 bits per heavy atom. The average molecular weight is 238 g/mol. The number of aryl methyl sites for hydroxylation is 1. The largest absolute Gasteiger partial charge is 0.398 e. The highest BCUT2D eigenvalue weighted by Gasteiger charge is 2.10. The number of amides is 1. The van der Waals surface area contributed by atoms with Gasteiger partial charge in [-0.15, -0.1) is 0 Å². The molecule has 0 aliphatic heterocycles. The molecule has 1 rings (SSSR count). The molecule has 0 aliphatic rings. The molecule has 17 heavy (non-hydrogen) atoms. The first-order chi connectivity index (χ1) is 8.08. The Balaban J connectivity index is 2.61. The fourth-order valence-electron chi connectivity index (χ4n) is 1.32. The van der Waals surface area contributed by atoms with Crippen molar-refractivity contribution in [3.63, 3.8) is 0 Å². The Bertz CT molecular complexity index is 389. The summed E-state index contributed by atoms with van der Waals surface area (Å²) in [5, 5.41) is 2.70. The van der Waals surface area contributed by atoms with Gasteiger partial charge in [0.25, 0.3) is 5.91 Å². The van der Waals surface area contributed by atoms with Crippen LogP contribution in [0.1, 0.15) is 15.9 Å². The molecule has 0 unspecified atom stereocenters. The van der Waals surface area contributed by atoms with Crippen LogP contribution >= 0.6 is 0 Å². The molecular weight excluding hydrogens is 220 g/mol. The van der Waals surface area contributed by atoms with Crippen LogP contribution in [0, 0.1) is 6.92 Å². The van der Waals surface area contributed by atoms with Gasteiger partial charge in [0, 0.05) is 25.5 Å². The van der Waals surface area contributed by atoms with Crippen molar-refractivity contribution in [3.8, 4) is 0 Å². The van der Waals surface area contributed by atoms with E-state index in [-0.39, 0.29) is 5.91 Å². The minimum absolute atomic E-state index is 0.198. The molecule has 94 valence electrons. The standard InChI is InChI=1S/C12H18N2O3/c1-8-4-5-9(6-10(8)13)12(15)14-7-11(16-2)17-3/h4-6,11H,7,13H2,1-3H3,(H,14,15). The molecule has 0 bridgehead atoms. The normalized spacial score (nSPS) is 10.6. The number of carbonyl (C=O) groups excluding carboxylic acids is 1. The lowest BCUT2D eigenvalue weighted by Gasteiger charge is -2.14. The highest BCUT2D eigenvalue weighted by Crippen LogP contribution is 2.12.